The molecule has 4 heterocycles. The van der Waals surface area contributed by atoms with Crippen LogP contribution in [0.4, 0.5) is 5.95 Å². The van der Waals surface area contributed by atoms with Gasteiger partial charge in [0.15, 0.2) is 0 Å². The van der Waals surface area contributed by atoms with Crippen molar-refractivity contribution >= 4 is 34.1 Å². The van der Waals surface area contributed by atoms with Crippen molar-refractivity contribution in [2.75, 3.05) is 12.4 Å². The van der Waals surface area contributed by atoms with Crippen molar-refractivity contribution in [3.05, 3.63) is 88.6 Å². The predicted molar refractivity (Wildman–Crippen MR) is 130 cm³/mol. The van der Waals surface area contributed by atoms with Crippen LogP contribution in [0.15, 0.2) is 72.5 Å². The molecule has 1 N–H and O–H groups in total. The molecule has 0 saturated carbocycles. The summed E-state index contributed by atoms with van der Waals surface area (Å²) in [6.45, 7) is 0.496. The molecule has 0 saturated heterocycles. The van der Waals surface area contributed by atoms with Crippen LogP contribution in [0.3, 0.4) is 0 Å². The zero-order valence-corrected chi connectivity index (χ0v) is 19.0. The molecular weight excluding hydrogens is 434 g/mol. The molecule has 0 aliphatic carbocycles. The first-order valence-corrected chi connectivity index (χ1v) is 11.2. The molecular formula is C25H21N5O2S. The second-order valence-corrected chi connectivity index (χ2v) is 8.42. The van der Waals surface area contributed by atoms with Crippen molar-refractivity contribution in [1.82, 2.24) is 19.5 Å². The van der Waals surface area contributed by atoms with Gasteiger partial charge in [-0.1, -0.05) is 30.3 Å². The Balaban J connectivity index is 1.68. The lowest BCUT2D eigenvalue weighted by Crippen LogP contribution is -2.10. The van der Waals surface area contributed by atoms with Gasteiger partial charge in [-0.15, -0.1) is 11.3 Å². The van der Waals surface area contributed by atoms with E-state index >= 15 is 0 Å². The maximum absolute atomic E-state index is 13.5. The summed E-state index contributed by atoms with van der Waals surface area (Å²) < 4.78 is 7.51. The number of pyridine rings is 1. The molecule has 1 aromatic carbocycles. The van der Waals surface area contributed by atoms with Gasteiger partial charge in [0.2, 0.25) is 11.7 Å². The number of para-hydroxylation sites is 1. The van der Waals surface area contributed by atoms with Crippen molar-refractivity contribution in [2.45, 2.75) is 6.54 Å². The first-order valence-electron chi connectivity index (χ1n) is 10.4. The van der Waals surface area contributed by atoms with Gasteiger partial charge in [-0.05, 0) is 29.1 Å². The van der Waals surface area contributed by atoms with Gasteiger partial charge in [-0.3, -0.25) is 9.78 Å². The van der Waals surface area contributed by atoms with Crippen LogP contribution in [0.2, 0.25) is 0 Å². The highest BCUT2D eigenvalue weighted by Gasteiger charge is 2.24. The van der Waals surface area contributed by atoms with E-state index in [-0.39, 0.29) is 5.78 Å². The first-order chi connectivity index (χ1) is 16.2. The minimum Gasteiger partial charge on any atom is -0.496 e. The summed E-state index contributed by atoms with van der Waals surface area (Å²) in [4.78, 5) is 27.7. The van der Waals surface area contributed by atoms with Gasteiger partial charge in [0, 0.05) is 43.3 Å². The molecule has 164 valence electrons. The summed E-state index contributed by atoms with van der Waals surface area (Å²) in [5.74, 6) is 0.974. The van der Waals surface area contributed by atoms with Crippen LogP contribution in [0.5, 0.6) is 5.75 Å². The standard InChI is InChI=1S/C25H21N5O2S/c1-30-15-18(17-8-3-4-9-19(17)32-2)21-22(23(31)20-10-6-12-33-20)28-25(29-24(21)30)27-14-16-7-5-11-26-13-16/h3-13,15H,14H2,1-2H3,(H,27,28,29). The molecule has 0 fully saturated rings. The smallest absolute Gasteiger partial charge is 0.225 e. The van der Waals surface area contributed by atoms with Crippen molar-refractivity contribution < 1.29 is 9.53 Å². The Hall–Kier alpha value is -4.04. The Morgan fingerprint density at radius 1 is 1.09 bits per heavy atom. The maximum atomic E-state index is 13.5. The highest BCUT2D eigenvalue weighted by atomic mass is 32.1. The molecule has 5 rings (SSSR count). The Morgan fingerprint density at radius 2 is 1.97 bits per heavy atom. The highest BCUT2D eigenvalue weighted by molar-refractivity contribution is 7.12. The van der Waals surface area contributed by atoms with Gasteiger partial charge in [0.25, 0.3) is 0 Å². The summed E-state index contributed by atoms with van der Waals surface area (Å²) in [5.41, 5.74) is 3.75. The molecule has 0 amide bonds. The Labute approximate surface area is 194 Å². The third-order valence-electron chi connectivity index (χ3n) is 5.35. The van der Waals surface area contributed by atoms with E-state index in [1.807, 2.05) is 71.7 Å². The fourth-order valence-electron chi connectivity index (χ4n) is 3.79. The number of nitrogens with one attached hydrogen (secondary N) is 1. The number of rotatable bonds is 7. The second-order valence-electron chi connectivity index (χ2n) is 7.47. The van der Waals surface area contributed by atoms with Crippen LogP contribution >= 0.6 is 11.3 Å². The number of methoxy groups -OCH3 is 1. The number of carbonyl (C=O) groups excluding carboxylic acids is 1. The van der Waals surface area contributed by atoms with Crippen LogP contribution in [0.25, 0.3) is 22.2 Å². The molecule has 33 heavy (non-hydrogen) atoms. The number of aryl methyl sites for hydroxylation is 1. The minimum absolute atomic E-state index is 0.135. The maximum Gasteiger partial charge on any atom is 0.225 e. The van der Waals surface area contributed by atoms with Crippen LogP contribution in [0.1, 0.15) is 20.9 Å². The third-order valence-corrected chi connectivity index (χ3v) is 6.22. The fraction of sp³-hybridized carbons (Fsp3) is 0.120. The number of ether oxygens (including phenoxy) is 1. The SMILES string of the molecule is COc1ccccc1-c1cn(C)c2nc(NCc3cccnc3)nc(C(=O)c3cccs3)c12. The van der Waals surface area contributed by atoms with E-state index in [0.29, 0.717) is 34.1 Å². The molecule has 0 radical (unpaired) electrons. The monoisotopic (exact) mass is 455 g/mol. The van der Waals surface area contributed by atoms with E-state index in [4.69, 9.17) is 9.72 Å². The summed E-state index contributed by atoms with van der Waals surface area (Å²) in [7, 11) is 3.55. The summed E-state index contributed by atoms with van der Waals surface area (Å²) in [5, 5.41) is 5.83. The zero-order chi connectivity index (χ0) is 22.8. The quantitative estimate of drug-likeness (QED) is 0.350. The highest BCUT2D eigenvalue weighted by Crippen LogP contribution is 2.38. The first kappa shape index (κ1) is 20.8. The van der Waals surface area contributed by atoms with Crippen LogP contribution in [0, 0.1) is 0 Å². The average molecular weight is 456 g/mol. The van der Waals surface area contributed by atoms with Gasteiger partial charge in [-0.25, -0.2) is 4.98 Å². The Morgan fingerprint density at radius 3 is 2.73 bits per heavy atom. The van der Waals surface area contributed by atoms with Gasteiger partial charge in [0.05, 0.1) is 17.4 Å². The number of thiophene rings is 1. The normalized spacial score (nSPS) is 11.0. The van der Waals surface area contributed by atoms with Gasteiger partial charge >= 0.3 is 0 Å². The number of benzene rings is 1. The number of ketones is 1. The van der Waals surface area contributed by atoms with Gasteiger partial charge in [-0.2, -0.15) is 4.98 Å². The molecule has 4 aromatic heterocycles. The van der Waals surface area contributed by atoms with Gasteiger partial charge in [0.1, 0.15) is 17.1 Å². The van der Waals surface area contributed by atoms with E-state index in [1.54, 1.807) is 19.5 Å². The number of nitrogens with zero attached hydrogens (tertiary/aromatic N) is 4. The summed E-state index contributed by atoms with van der Waals surface area (Å²) >= 11 is 1.40. The summed E-state index contributed by atoms with van der Waals surface area (Å²) in [6.07, 6.45) is 5.48. The van der Waals surface area contributed by atoms with E-state index in [9.17, 15) is 4.79 Å². The predicted octanol–water partition coefficient (Wildman–Crippen LogP) is 4.94. The lowest BCUT2D eigenvalue weighted by molar-refractivity contribution is 0.103. The lowest BCUT2D eigenvalue weighted by Gasteiger charge is -2.10. The molecule has 0 atom stereocenters. The number of hydrogen-bond acceptors (Lipinski definition) is 7. The Bertz CT molecular complexity index is 1430. The largest absolute Gasteiger partial charge is 0.496 e. The topological polar surface area (TPSA) is 81.9 Å². The number of aromatic nitrogens is 4. The number of fused-ring (bicyclic) bond motifs is 1. The van der Waals surface area contributed by atoms with Crippen LogP contribution in [-0.4, -0.2) is 32.4 Å². The van der Waals surface area contributed by atoms with E-state index in [2.05, 4.69) is 15.3 Å². The summed E-state index contributed by atoms with van der Waals surface area (Å²) in [6, 6.07) is 15.3. The molecule has 0 aliphatic heterocycles. The van der Waals surface area contributed by atoms with Crippen LogP contribution in [-0.2, 0) is 13.6 Å². The number of hydrogen-bond donors (Lipinski definition) is 1. The minimum atomic E-state index is -0.135. The average Bonchev–Trinajstić information content (AvgIpc) is 3.51. The molecule has 8 heteroatoms. The Kier molecular flexibility index (Phi) is 5.58. The lowest BCUT2D eigenvalue weighted by atomic mass is 10.0. The van der Waals surface area contributed by atoms with Crippen molar-refractivity contribution in [3.8, 4) is 16.9 Å². The molecule has 0 spiro atoms. The zero-order valence-electron chi connectivity index (χ0n) is 18.1. The van der Waals surface area contributed by atoms with E-state index in [1.165, 1.54) is 11.3 Å². The van der Waals surface area contributed by atoms with Crippen molar-refractivity contribution in [1.29, 1.82) is 0 Å². The fourth-order valence-corrected chi connectivity index (χ4v) is 4.46. The number of carbonyl (C=O) groups is 1. The van der Waals surface area contributed by atoms with Crippen molar-refractivity contribution in [2.24, 2.45) is 7.05 Å². The van der Waals surface area contributed by atoms with Crippen molar-refractivity contribution in [3.63, 3.8) is 0 Å². The van der Waals surface area contributed by atoms with Crippen LogP contribution < -0.4 is 10.1 Å². The molecule has 0 unspecified atom stereocenters. The van der Waals surface area contributed by atoms with Gasteiger partial charge < -0.3 is 14.6 Å². The molecule has 0 aliphatic rings. The molecule has 7 nitrogen and oxygen atoms in total. The number of anilines is 1. The second kappa shape index (κ2) is 8.84. The van der Waals surface area contributed by atoms with E-state index < -0.39 is 0 Å². The van der Waals surface area contributed by atoms with E-state index in [0.717, 1.165) is 22.4 Å². The third kappa shape index (κ3) is 3.96. The molecule has 0 bridgehead atoms. The molecule has 5 aromatic rings.